The normalized spacial score (nSPS) is 12.4. The zero-order valence-corrected chi connectivity index (χ0v) is 13.1. The van der Waals surface area contributed by atoms with E-state index in [-0.39, 0.29) is 6.04 Å². The van der Waals surface area contributed by atoms with Crippen LogP contribution in [-0.2, 0) is 6.42 Å². The topological polar surface area (TPSA) is 26.0 Å². The number of benzene rings is 2. The second-order valence-corrected chi connectivity index (χ2v) is 5.77. The van der Waals surface area contributed by atoms with Crippen molar-refractivity contribution in [1.29, 1.82) is 0 Å². The molecule has 2 N–H and O–H groups in total. The van der Waals surface area contributed by atoms with Gasteiger partial charge in [-0.15, -0.1) is 0 Å². The lowest BCUT2D eigenvalue weighted by atomic mass is 9.97. The maximum Gasteiger partial charge on any atom is 0.0581 e. The Bertz CT molecular complexity index is 543. The fourth-order valence-corrected chi connectivity index (χ4v) is 2.88. The maximum absolute atomic E-state index is 6.30. The zero-order chi connectivity index (χ0) is 14.5. The van der Waals surface area contributed by atoms with Crippen molar-refractivity contribution in [3.05, 3.63) is 69.2 Å². The van der Waals surface area contributed by atoms with Gasteiger partial charge in [-0.25, -0.2) is 0 Å². The van der Waals surface area contributed by atoms with Gasteiger partial charge in [0.15, 0.2) is 0 Å². The van der Waals surface area contributed by atoms with E-state index in [4.69, 9.17) is 28.9 Å². The van der Waals surface area contributed by atoms with Crippen LogP contribution in [-0.4, -0.2) is 0 Å². The average Bonchev–Trinajstić information content (AvgIpc) is 2.45. The molecule has 2 aromatic rings. The molecule has 0 fully saturated rings. The van der Waals surface area contributed by atoms with Gasteiger partial charge in [-0.05, 0) is 36.1 Å². The molecule has 0 aliphatic carbocycles. The number of halogens is 2. The van der Waals surface area contributed by atoms with Crippen molar-refractivity contribution in [1.82, 2.24) is 0 Å². The largest absolute Gasteiger partial charge is 0.320 e. The molecule has 0 heterocycles. The van der Waals surface area contributed by atoms with Gasteiger partial charge in [-0.2, -0.15) is 0 Å². The minimum atomic E-state index is -0.295. The molecule has 20 heavy (non-hydrogen) atoms. The number of rotatable bonds is 5. The predicted octanol–water partition coefficient (Wildman–Crippen LogP) is 5.38. The second kappa shape index (κ2) is 7.12. The third kappa shape index (κ3) is 3.54. The van der Waals surface area contributed by atoms with Gasteiger partial charge in [0.25, 0.3) is 0 Å². The lowest BCUT2D eigenvalue weighted by Gasteiger charge is -2.16. The minimum absolute atomic E-state index is 0.295. The van der Waals surface area contributed by atoms with Crippen molar-refractivity contribution in [3.63, 3.8) is 0 Å². The van der Waals surface area contributed by atoms with E-state index >= 15 is 0 Å². The molecule has 0 saturated heterocycles. The van der Waals surface area contributed by atoms with Crippen LogP contribution in [0.2, 0.25) is 10.0 Å². The Morgan fingerprint density at radius 2 is 1.60 bits per heavy atom. The summed E-state index contributed by atoms with van der Waals surface area (Å²) < 4.78 is 0. The monoisotopic (exact) mass is 307 g/mol. The van der Waals surface area contributed by atoms with Gasteiger partial charge in [0.1, 0.15) is 0 Å². The van der Waals surface area contributed by atoms with E-state index in [2.05, 4.69) is 31.2 Å². The van der Waals surface area contributed by atoms with E-state index in [0.29, 0.717) is 10.0 Å². The van der Waals surface area contributed by atoms with Gasteiger partial charge < -0.3 is 5.73 Å². The van der Waals surface area contributed by atoms with Gasteiger partial charge >= 0.3 is 0 Å². The smallest absolute Gasteiger partial charge is 0.0581 e. The van der Waals surface area contributed by atoms with Crippen LogP contribution in [0, 0.1) is 0 Å². The molecule has 106 valence electrons. The Hall–Kier alpha value is -1.02. The van der Waals surface area contributed by atoms with Crippen molar-refractivity contribution < 1.29 is 0 Å². The number of nitrogens with two attached hydrogens (primary N) is 1. The Balaban J connectivity index is 2.23. The van der Waals surface area contributed by atoms with E-state index in [1.54, 1.807) is 0 Å². The van der Waals surface area contributed by atoms with E-state index in [1.807, 2.05) is 18.2 Å². The Morgan fingerprint density at radius 3 is 2.15 bits per heavy atom. The highest BCUT2D eigenvalue weighted by Crippen LogP contribution is 2.32. The van der Waals surface area contributed by atoms with Gasteiger partial charge in [-0.1, -0.05) is 66.9 Å². The summed E-state index contributed by atoms with van der Waals surface area (Å²) in [5.41, 5.74) is 9.46. The highest BCUT2D eigenvalue weighted by Gasteiger charge is 2.15. The van der Waals surface area contributed by atoms with Crippen LogP contribution in [0.4, 0.5) is 0 Å². The van der Waals surface area contributed by atoms with Crippen LogP contribution >= 0.6 is 23.2 Å². The van der Waals surface area contributed by atoms with Crippen LogP contribution in [0.5, 0.6) is 0 Å². The fraction of sp³-hybridized carbons (Fsp3) is 0.294. The number of unbranched alkanes of at least 4 members (excludes halogenated alkanes) is 1. The molecular weight excluding hydrogens is 289 g/mol. The summed E-state index contributed by atoms with van der Waals surface area (Å²) in [4.78, 5) is 0. The molecule has 0 aromatic heterocycles. The third-order valence-electron chi connectivity index (χ3n) is 3.47. The summed E-state index contributed by atoms with van der Waals surface area (Å²) in [5.74, 6) is 0. The van der Waals surface area contributed by atoms with Crippen LogP contribution in [0.1, 0.15) is 42.5 Å². The average molecular weight is 308 g/mol. The molecular formula is C17H19Cl2N. The van der Waals surface area contributed by atoms with Gasteiger partial charge in [-0.3, -0.25) is 0 Å². The van der Waals surface area contributed by atoms with E-state index in [1.165, 1.54) is 18.4 Å². The molecule has 2 aromatic carbocycles. The molecule has 0 spiro atoms. The first-order valence-corrected chi connectivity index (χ1v) is 7.67. The summed E-state index contributed by atoms with van der Waals surface area (Å²) >= 11 is 12.4. The Kier molecular flexibility index (Phi) is 5.47. The first kappa shape index (κ1) is 15.4. The zero-order valence-electron chi connectivity index (χ0n) is 11.6. The summed E-state index contributed by atoms with van der Waals surface area (Å²) in [5, 5.41) is 1.22. The molecule has 2 rings (SSSR count). The number of hydrogen-bond donors (Lipinski definition) is 1. The van der Waals surface area contributed by atoms with Crippen LogP contribution in [0.25, 0.3) is 0 Å². The summed E-state index contributed by atoms with van der Waals surface area (Å²) in [6.45, 7) is 2.20. The molecule has 0 radical (unpaired) electrons. The Labute approximate surface area is 130 Å². The first-order chi connectivity index (χ1) is 9.63. The van der Waals surface area contributed by atoms with Crippen molar-refractivity contribution in [2.24, 2.45) is 5.73 Å². The lowest BCUT2D eigenvalue weighted by Crippen LogP contribution is -2.13. The van der Waals surface area contributed by atoms with Crippen LogP contribution in [0.15, 0.2) is 42.5 Å². The molecule has 0 aliphatic rings. The molecule has 1 atom stereocenters. The molecule has 0 aliphatic heterocycles. The fourth-order valence-electron chi connectivity index (χ4n) is 2.25. The highest BCUT2D eigenvalue weighted by molar-refractivity contribution is 6.36. The van der Waals surface area contributed by atoms with E-state index < -0.39 is 0 Å². The lowest BCUT2D eigenvalue weighted by molar-refractivity contribution is 0.793. The third-order valence-corrected chi connectivity index (χ3v) is 4.13. The second-order valence-electron chi connectivity index (χ2n) is 4.96. The van der Waals surface area contributed by atoms with Crippen molar-refractivity contribution in [2.75, 3.05) is 0 Å². The maximum atomic E-state index is 6.30. The van der Waals surface area contributed by atoms with E-state index in [9.17, 15) is 0 Å². The van der Waals surface area contributed by atoms with Crippen LogP contribution < -0.4 is 5.73 Å². The van der Waals surface area contributed by atoms with E-state index in [0.717, 1.165) is 17.5 Å². The quantitative estimate of drug-likeness (QED) is 0.788. The standard InChI is InChI=1S/C17H19Cl2N/c1-2-3-5-12-8-10-13(11-9-12)17(20)16-14(18)6-4-7-15(16)19/h4,6-11,17H,2-3,5,20H2,1H3. The molecule has 1 unspecified atom stereocenters. The highest BCUT2D eigenvalue weighted by atomic mass is 35.5. The molecule has 3 heteroatoms. The summed E-state index contributed by atoms with van der Waals surface area (Å²) in [7, 11) is 0. The molecule has 1 nitrogen and oxygen atoms in total. The van der Waals surface area contributed by atoms with Crippen molar-refractivity contribution >= 4 is 23.2 Å². The SMILES string of the molecule is CCCCc1ccc(C(N)c2c(Cl)cccc2Cl)cc1. The summed E-state index contributed by atoms with van der Waals surface area (Å²) in [6.07, 6.45) is 3.52. The molecule has 0 saturated carbocycles. The van der Waals surface area contributed by atoms with Gasteiger partial charge in [0, 0.05) is 15.6 Å². The van der Waals surface area contributed by atoms with Crippen molar-refractivity contribution in [3.8, 4) is 0 Å². The minimum Gasteiger partial charge on any atom is -0.320 e. The summed E-state index contributed by atoms with van der Waals surface area (Å²) in [6, 6.07) is 13.6. The first-order valence-electron chi connectivity index (χ1n) is 6.91. The molecule has 0 bridgehead atoms. The van der Waals surface area contributed by atoms with Gasteiger partial charge in [0.05, 0.1) is 6.04 Å². The number of aryl methyl sites for hydroxylation is 1. The molecule has 0 amide bonds. The number of hydrogen-bond acceptors (Lipinski definition) is 1. The van der Waals surface area contributed by atoms with Gasteiger partial charge in [0.2, 0.25) is 0 Å². The Morgan fingerprint density at radius 1 is 1.00 bits per heavy atom. The predicted molar refractivity (Wildman–Crippen MR) is 87.5 cm³/mol. The van der Waals surface area contributed by atoms with Crippen molar-refractivity contribution in [2.45, 2.75) is 32.2 Å². The van der Waals surface area contributed by atoms with Crippen LogP contribution in [0.3, 0.4) is 0 Å².